The van der Waals surface area contributed by atoms with Crippen LogP contribution >= 0.6 is 0 Å². The van der Waals surface area contributed by atoms with Crippen LogP contribution in [0.25, 0.3) is 0 Å². The number of rotatable bonds is 6. The van der Waals surface area contributed by atoms with Gasteiger partial charge in [0, 0.05) is 19.8 Å². The Kier molecular flexibility index (Phi) is 6.73. The number of hydrogen-bond donors (Lipinski definition) is 3. The number of carbonyl (C=O) groups is 2. The van der Waals surface area contributed by atoms with Gasteiger partial charge in [-0.05, 0) is 36.6 Å². The number of likely N-dealkylation sites (N-methyl/N-ethyl adjacent to an activating group) is 1. The highest BCUT2D eigenvalue weighted by atomic mass is 32.2. The zero-order valence-electron chi connectivity index (χ0n) is 14.2. The van der Waals surface area contributed by atoms with Crippen molar-refractivity contribution in [1.82, 2.24) is 10.2 Å². The van der Waals surface area contributed by atoms with Gasteiger partial charge in [-0.25, -0.2) is 18.4 Å². The first-order chi connectivity index (χ1) is 11.0. The fourth-order valence-corrected chi connectivity index (χ4v) is 2.57. The summed E-state index contributed by atoms with van der Waals surface area (Å²) in [7, 11) is -0.527. The lowest BCUT2D eigenvalue weighted by Gasteiger charge is -2.23. The SMILES string of the molecule is CC(C)C[C@@H](NC(=O)Nc1ccc(S(N)(=O)=O)cc1)C(=O)N(C)C. The lowest BCUT2D eigenvalue weighted by molar-refractivity contribution is -0.131. The summed E-state index contributed by atoms with van der Waals surface area (Å²) in [6, 6.07) is 4.25. The van der Waals surface area contributed by atoms with Crippen molar-refractivity contribution in [2.45, 2.75) is 31.2 Å². The average molecular weight is 356 g/mol. The molecule has 0 bridgehead atoms. The molecule has 0 saturated heterocycles. The van der Waals surface area contributed by atoms with Gasteiger partial charge < -0.3 is 15.5 Å². The Morgan fingerprint density at radius 3 is 2.12 bits per heavy atom. The third kappa shape index (κ3) is 6.17. The summed E-state index contributed by atoms with van der Waals surface area (Å²) in [6.07, 6.45) is 0.509. The quantitative estimate of drug-likeness (QED) is 0.702. The Bertz CT molecular complexity index is 684. The normalized spacial score (nSPS) is 12.6. The van der Waals surface area contributed by atoms with Gasteiger partial charge in [-0.15, -0.1) is 0 Å². The zero-order chi connectivity index (χ0) is 18.5. The molecule has 0 unspecified atom stereocenters. The van der Waals surface area contributed by atoms with E-state index in [-0.39, 0.29) is 16.7 Å². The molecule has 9 heteroatoms. The van der Waals surface area contributed by atoms with Crippen LogP contribution in [0.15, 0.2) is 29.2 Å². The van der Waals surface area contributed by atoms with Crippen molar-refractivity contribution in [3.8, 4) is 0 Å². The molecule has 1 aromatic carbocycles. The molecular formula is C15H24N4O4S. The molecule has 0 aliphatic heterocycles. The number of primary sulfonamides is 1. The van der Waals surface area contributed by atoms with Crippen LogP contribution in [0.3, 0.4) is 0 Å². The number of nitrogens with two attached hydrogens (primary N) is 1. The number of sulfonamides is 1. The summed E-state index contributed by atoms with van der Waals surface area (Å²) in [5, 5.41) is 10.2. The van der Waals surface area contributed by atoms with Gasteiger partial charge in [-0.3, -0.25) is 4.79 Å². The minimum absolute atomic E-state index is 0.0473. The first-order valence-electron chi connectivity index (χ1n) is 7.42. The monoisotopic (exact) mass is 356 g/mol. The van der Waals surface area contributed by atoms with Crippen LogP contribution in [-0.4, -0.2) is 45.4 Å². The van der Waals surface area contributed by atoms with Crippen LogP contribution in [0.1, 0.15) is 20.3 Å². The largest absolute Gasteiger partial charge is 0.347 e. The van der Waals surface area contributed by atoms with Gasteiger partial charge >= 0.3 is 6.03 Å². The molecule has 0 spiro atoms. The molecule has 0 radical (unpaired) electrons. The van der Waals surface area contributed by atoms with Gasteiger partial charge in [0.1, 0.15) is 6.04 Å². The van der Waals surface area contributed by atoms with E-state index in [1.54, 1.807) is 14.1 Å². The highest BCUT2D eigenvalue weighted by molar-refractivity contribution is 7.89. The Morgan fingerprint density at radius 1 is 1.17 bits per heavy atom. The molecular weight excluding hydrogens is 332 g/mol. The minimum atomic E-state index is -3.78. The molecule has 0 aromatic heterocycles. The van der Waals surface area contributed by atoms with Gasteiger partial charge in [0.25, 0.3) is 0 Å². The second-order valence-corrected chi connectivity index (χ2v) is 7.64. The molecule has 0 aliphatic rings. The maximum absolute atomic E-state index is 12.1. The number of carbonyl (C=O) groups excluding carboxylic acids is 2. The van der Waals surface area contributed by atoms with Crippen LogP contribution in [0.5, 0.6) is 0 Å². The Morgan fingerprint density at radius 2 is 1.71 bits per heavy atom. The van der Waals surface area contributed by atoms with Crippen molar-refractivity contribution in [3.63, 3.8) is 0 Å². The summed E-state index contributed by atoms with van der Waals surface area (Å²) in [5.74, 6) is 0.0386. The van der Waals surface area contributed by atoms with Gasteiger partial charge in [0.2, 0.25) is 15.9 Å². The molecule has 0 saturated carbocycles. The molecule has 4 N–H and O–H groups in total. The van der Waals surface area contributed by atoms with Crippen molar-refractivity contribution in [2.75, 3.05) is 19.4 Å². The lowest BCUT2D eigenvalue weighted by atomic mass is 10.0. The zero-order valence-corrected chi connectivity index (χ0v) is 15.1. The van der Waals surface area contributed by atoms with Crippen molar-refractivity contribution >= 4 is 27.6 Å². The highest BCUT2D eigenvalue weighted by Gasteiger charge is 2.23. The van der Waals surface area contributed by atoms with Gasteiger partial charge in [-0.2, -0.15) is 0 Å². The van der Waals surface area contributed by atoms with Crippen molar-refractivity contribution in [2.24, 2.45) is 11.1 Å². The van der Waals surface area contributed by atoms with Crippen LogP contribution in [0.4, 0.5) is 10.5 Å². The number of amides is 3. The van der Waals surface area contributed by atoms with E-state index in [9.17, 15) is 18.0 Å². The van der Waals surface area contributed by atoms with E-state index in [1.807, 2.05) is 13.8 Å². The molecule has 1 rings (SSSR count). The Labute approximate surface area is 142 Å². The van der Waals surface area contributed by atoms with E-state index in [0.29, 0.717) is 12.1 Å². The molecule has 8 nitrogen and oxygen atoms in total. The molecule has 1 aromatic rings. The third-order valence-corrected chi connectivity index (χ3v) is 4.12. The maximum Gasteiger partial charge on any atom is 0.319 e. The molecule has 24 heavy (non-hydrogen) atoms. The lowest BCUT2D eigenvalue weighted by Crippen LogP contribution is -2.48. The summed E-state index contributed by atoms with van der Waals surface area (Å²) in [4.78, 5) is 25.6. The molecule has 3 amide bonds. The van der Waals surface area contributed by atoms with E-state index in [0.717, 1.165) is 0 Å². The second-order valence-electron chi connectivity index (χ2n) is 6.08. The maximum atomic E-state index is 12.1. The fraction of sp³-hybridized carbons (Fsp3) is 0.467. The highest BCUT2D eigenvalue weighted by Crippen LogP contribution is 2.13. The van der Waals surface area contributed by atoms with Crippen LogP contribution in [0.2, 0.25) is 0 Å². The number of urea groups is 1. The number of benzene rings is 1. The number of anilines is 1. The first-order valence-corrected chi connectivity index (χ1v) is 8.97. The van der Waals surface area contributed by atoms with Crippen LogP contribution in [-0.2, 0) is 14.8 Å². The number of nitrogens with one attached hydrogen (secondary N) is 2. The topological polar surface area (TPSA) is 122 Å². The fourth-order valence-electron chi connectivity index (χ4n) is 2.06. The van der Waals surface area contributed by atoms with E-state index in [1.165, 1.54) is 29.2 Å². The Balaban J connectivity index is 2.77. The van der Waals surface area contributed by atoms with Crippen molar-refractivity contribution in [1.29, 1.82) is 0 Å². The second kappa shape index (κ2) is 8.11. The van der Waals surface area contributed by atoms with Gasteiger partial charge in [0.15, 0.2) is 0 Å². The molecule has 134 valence electrons. The average Bonchev–Trinajstić information content (AvgIpc) is 2.44. The van der Waals surface area contributed by atoms with Crippen molar-refractivity contribution in [3.05, 3.63) is 24.3 Å². The van der Waals surface area contributed by atoms with Crippen LogP contribution in [0, 0.1) is 5.92 Å². The summed E-state index contributed by atoms with van der Waals surface area (Å²) in [6.45, 7) is 3.92. The van der Waals surface area contributed by atoms with Gasteiger partial charge in [0.05, 0.1) is 4.90 Å². The van der Waals surface area contributed by atoms with Crippen LogP contribution < -0.4 is 15.8 Å². The predicted octanol–water partition coefficient (Wildman–Crippen LogP) is 0.958. The molecule has 1 atom stereocenters. The molecule has 0 aliphatic carbocycles. The number of nitrogens with zero attached hydrogens (tertiary/aromatic N) is 1. The summed E-state index contributed by atoms with van der Waals surface area (Å²) >= 11 is 0. The van der Waals surface area contributed by atoms with E-state index in [2.05, 4.69) is 10.6 Å². The van der Waals surface area contributed by atoms with E-state index < -0.39 is 22.1 Å². The third-order valence-electron chi connectivity index (χ3n) is 3.19. The van der Waals surface area contributed by atoms with Crippen molar-refractivity contribution < 1.29 is 18.0 Å². The molecule has 0 heterocycles. The summed E-state index contributed by atoms with van der Waals surface area (Å²) < 4.78 is 22.4. The van der Waals surface area contributed by atoms with E-state index in [4.69, 9.17) is 5.14 Å². The number of hydrogen-bond acceptors (Lipinski definition) is 4. The standard InChI is InChI=1S/C15H24N4O4S/c1-10(2)9-13(14(20)19(3)4)18-15(21)17-11-5-7-12(8-6-11)24(16,22)23/h5-8,10,13H,9H2,1-4H3,(H2,16,22,23)(H2,17,18,21)/t13-/m1/s1. The first kappa shape index (κ1) is 19.9. The van der Waals surface area contributed by atoms with E-state index >= 15 is 0 Å². The smallest absolute Gasteiger partial charge is 0.319 e. The Hall–Kier alpha value is -2.13. The molecule has 0 fully saturated rings. The van der Waals surface area contributed by atoms with Gasteiger partial charge in [-0.1, -0.05) is 13.8 Å². The minimum Gasteiger partial charge on any atom is -0.347 e. The summed E-state index contributed by atoms with van der Waals surface area (Å²) in [5.41, 5.74) is 0.389. The predicted molar refractivity (Wildman–Crippen MR) is 91.9 cm³/mol.